The molecule has 20 heavy (non-hydrogen) atoms. The van der Waals surface area contributed by atoms with Crippen LogP contribution in [0.1, 0.15) is 64.7 Å². The number of hydrogen-bond donors (Lipinski definition) is 0. The molecule has 0 bridgehead atoms. The molecule has 0 aromatic heterocycles. The molecule has 107 valence electrons. The van der Waals surface area contributed by atoms with Gasteiger partial charge in [-0.1, -0.05) is 64.0 Å². The second kappa shape index (κ2) is 5.99. The molecule has 1 saturated carbocycles. The van der Waals surface area contributed by atoms with Crippen LogP contribution in [0.2, 0.25) is 0 Å². The summed E-state index contributed by atoms with van der Waals surface area (Å²) in [5.41, 5.74) is 2.29. The third-order valence-electron chi connectivity index (χ3n) is 4.83. The molecule has 2 nitrogen and oxygen atoms in total. The molecule has 0 unspecified atom stereocenters. The first kappa shape index (κ1) is 13.7. The molecule has 1 aliphatic carbocycles. The van der Waals surface area contributed by atoms with Crippen molar-refractivity contribution in [2.75, 3.05) is 0 Å². The quantitative estimate of drug-likeness (QED) is 0.644. The van der Waals surface area contributed by atoms with Crippen LogP contribution in [0.25, 0.3) is 0 Å². The highest BCUT2D eigenvalue weighted by molar-refractivity contribution is 5.99. The summed E-state index contributed by atoms with van der Waals surface area (Å²) >= 11 is 0. The van der Waals surface area contributed by atoms with Gasteiger partial charge in [0.25, 0.3) is 0 Å². The lowest BCUT2D eigenvalue weighted by atomic mass is 9.77. The molecule has 2 aliphatic rings. The number of para-hydroxylation sites is 2. The molecule has 0 spiro atoms. The maximum absolute atomic E-state index is 4.82. The highest BCUT2D eigenvalue weighted by atomic mass is 15.1. The molecule has 1 fully saturated rings. The Hall–Kier alpha value is -1.31. The summed E-state index contributed by atoms with van der Waals surface area (Å²) < 4.78 is 0. The predicted molar refractivity (Wildman–Crippen MR) is 85.0 cm³/mol. The Morgan fingerprint density at radius 2 is 1.35 bits per heavy atom. The average molecular weight is 269 g/mol. The first-order chi connectivity index (χ1) is 9.78. The monoisotopic (exact) mass is 269 g/mol. The molecule has 0 N–H and O–H groups in total. The van der Waals surface area contributed by atoms with Crippen molar-refractivity contribution in [2.45, 2.75) is 64.7 Å². The van der Waals surface area contributed by atoms with Gasteiger partial charge in [0.1, 0.15) is 5.84 Å². The third kappa shape index (κ3) is 2.89. The van der Waals surface area contributed by atoms with E-state index >= 15 is 0 Å². The van der Waals surface area contributed by atoms with E-state index < -0.39 is 0 Å². The van der Waals surface area contributed by atoms with Crippen molar-refractivity contribution in [3.8, 4) is 0 Å². The van der Waals surface area contributed by atoms with Crippen LogP contribution >= 0.6 is 0 Å². The van der Waals surface area contributed by atoms with Crippen molar-refractivity contribution >= 4 is 17.2 Å². The van der Waals surface area contributed by atoms with Crippen LogP contribution in [0.3, 0.4) is 0 Å². The van der Waals surface area contributed by atoms with Crippen molar-refractivity contribution in [1.29, 1.82) is 0 Å². The van der Waals surface area contributed by atoms with Crippen LogP contribution < -0.4 is 5.32 Å². The van der Waals surface area contributed by atoms with Crippen molar-refractivity contribution < 1.29 is 0 Å². The fourth-order valence-electron chi connectivity index (χ4n) is 3.44. The SMILES string of the molecule is CC1(C2=Nc3ccccc3[N]2)CCCCCCCCC1. The molecule has 1 radical (unpaired) electrons. The highest BCUT2D eigenvalue weighted by Gasteiger charge is 2.34. The van der Waals surface area contributed by atoms with Crippen LogP contribution in [0, 0.1) is 5.41 Å². The summed E-state index contributed by atoms with van der Waals surface area (Å²) in [5.74, 6) is 1.08. The summed E-state index contributed by atoms with van der Waals surface area (Å²) in [6.45, 7) is 2.38. The van der Waals surface area contributed by atoms with Gasteiger partial charge in [-0.3, -0.25) is 0 Å². The Kier molecular flexibility index (Phi) is 4.09. The number of aliphatic imine (C=N–C) groups is 1. The van der Waals surface area contributed by atoms with Gasteiger partial charge >= 0.3 is 0 Å². The van der Waals surface area contributed by atoms with Crippen molar-refractivity contribution in [3.63, 3.8) is 0 Å². The Balaban J connectivity index is 1.76. The van der Waals surface area contributed by atoms with Crippen molar-refractivity contribution in [3.05, 3.63) is 24.3 Å². The van der Waals surface area contributed by atoms with Gasteiger partial charge < -0.3 is 0 Å². The van der Waals surface area contributed by atoms with Crippen LogP contribution in [0.15, 0.2) is 29.3 Å². The number of rotatable bonds is 1. The lowest BCUT2D eigenvalue weighted by Gasteiger charge is -2.30. The third-order valence-corrected chi connectivity index (χ3v) is 4.83. The fourth-order valence-corrected chi connectivity index (χ4v) is 3.44. The van der Waals surface area contributed by atoms with Crippen molar-refractivity contribution in [1.82, 2.24) is 5.32 Å². The highest BCUT2D eigenvalue weighted by Crippen LogP contribution is 2.40. The zero-order valence-corrected chi connectivity index (χ0v) is 12.6. The standard InChI is InChI=1S/C18H25N2/c1-18(13-9-5-3-2-4-6-10-14-18)17-19-15-11-7-8-12-16(15)20-17/h7-8,11-12H,2-6,9-10,13-14H2,1H3. The number of hydrogen-bond acceptors (Lipinski definition) is 1. The molecular weight excluding hydrogens is 244 g/mol. The Morgan fingerprint density at radius 1 is 0.800 bits per heavy atom. The minimum absolute atomic E-state index is 0.177. The maximum atomic E-state index is 4.82. The number of amidine groups is 1. The largest absolute Gasteiger partial charge is 0.231 e. The minimum atomic E-state index is 0.177. The summed E-state index contributed by atoms with van der Waals surface area (Å²) in [6.07, 6.45) is 12.1. The van der Waals surface area contributed by atoms with Gasteiger partial charge in [-0.15, -0.1) is 0 Å². The van der Waals surface area contributed by atoms with Gasteiger partial charge in [0, 0.05) is 5.41 Å². The lowest BCUT2D eigenvalue weighted by molar-refractivity contribution is 0.340. The van der Waals surface area contributed by atoms with E-state index in [2.05, 4.69) is 31.2 Å². The van der Waals surface area contributed by atoms with Crippen molar-refractivity contribution in [2.24, 2.45) is 10.4 Å². The number of fused-ring (bicyclic) bond motifs is 1. The average Bonchev–Trinajstić information content (AvgIpc) is 2.91. The van der Waals surface area contributed by atoms with Gasteiger partial charge in [0.2, 0.25) is 0 Å². The summed E-state index contributed by atoms with van der Waals surface area (Å²) in [4.78, 5) is 4.82. The van der Waals surface area contributed by atoms with Gasteiger partial charge in [0.05, 0.1) is 11.4 Å². The second-order valence-corrected chi connectivity index (χ2v) is 6.57. The minimum Gasteiger partial charge on any atom is -0.231 e. The van der Waals surface area contributed by atoms with Crippen LogP contribution in [-0.4, -0.2) is 5.84 Å². The first-order valence-electron chi connectivity index (χ1n) is 8.18. The van der Waals surface area contributed by atoms with Crippen LogP contribution in [0.5, 0.6) is 0 Å². The predicted octanol–water partition coefficient (Wildman–Crippen LogP) is 5.50. The Morgan fingerprint density at radius 3 is 1.95 bits per heavy atom. The van der Waals surface area contributed by atoms with Gasteiger partial charge in [-0.25, -0.2) is 10.3 Å². The molecule has 1 aromatic carbocycles. The van der Waals surface area contributed by atoms with Gasteiger partial charge in [0.15, 0.2) is 0 Å². The molecule has 2 heteroatoms. The molecule has 0 amide bonds. The smallest absolute Gasteiger partial charge is 0.135 e. The molecule has 1 aromatic rings. The number of nitrogens with zero attached hydrogens (tertiary/aromatic N) is 2. The fraction of sp³-hybridized carbons (Fsp3) is 0.611. The van der Waals surface area contributed by atoms with E-state index in [-0.39, 0.29) is 5.41 Å². The van der Waals surface area contributed by atoms with E-state index in [1.54, 1.807) is 0 Å². The first-order valence-corrected chi connectivity index (χ1v) is 8.18. The molecule has 1 heterocycles. The summed E-state index contributed by atoms with van der Waals surface area (Å²) in [5, 5.41) is 4.82. The van der Waals surface area contributed by atoms with Crippen LogP contribution in [0.4, 0.5) is 11.4 Å². The van der Waals surface area contributed by atoms with E-state index in [1.807, 2.05) is 0 Å². The molecular formula is C18H25N2. The van der Waals surface area contributed by atoms with E-state index in [4.69, 9.17) is 10.3 Å². The van der Waals surface area contributed by atoms with E-state index in [0.717, 1.165) is 17.2 Å². The molecule has 0 saturated heterocycles. The molecule has 3 rings (SSSR count). The normalized spacial score (nSPS) is 22.6. The summed E-state index contributed by atoms with van der Waals surface area (Å²) in [6, 6.07) is 8.26. The topological polar surface area (TPSA) is 26.5 Å². The molecule has 1 aliphatic heterocycles. The lowest BCUT2D eigenvalue weighted by Crippen LogP contribution is -2.31. The maximum Gasteiger partial charge on any atom is 0.135 e. The van der Waals surface area contributed by atoms with E-state index in [0.29, 0.717) is 0 Å². The van der Waals surface area contributed by atoms with E-state index in [1.165, 1.54) is 57.8 Å². The zero-order valence-electron chi connectivity index (χ0n) is 12.6. The van der Waals surface area contributed by atoms with Gasteiger partial charge in [-0.2, -0.15) is 0 Å². The zero-order chi connectivity index (χ0) is 13.8. The molecule has 0 atom stereocenters. The second-order valence-electron chi connectivity index (χ2n) is 6.57. The number of benzene rings is 1. The summed E-state index contributed by atoms with van der Waals surface area (Å²) in [7, 11) is 0. The Labute approximate surface area is 122 Å². The van der Waals surface area contributed by atoms with Crippen LogP contribution in [-0.2, 0) is 0 Å². The van der Waals surface area contributed by atoms with E-state index in [9.17, 15) is 0 Å². The van der Waals surface area contributed by atoms with Gasteiger partial charge in [-0.05, 0) is 25.0 Å². The Bertz CT molecular complexity index is 480.